The van der Waals surface area contributed by atoms with Gasteiger partial charge in [-0.1, -0.05) is 24.3 Å². The zero-order valence-corrected chi connectivity index (χ0v) is 9.10. The van der Waals surface area contributed by atoms with Crippen LogP contribution in [0.3, 0.4) is 0 Å². The summed E-state index contributed by atoms with van der Waals surface area (Å²) in [6.07, 6.45) is -2.50. The van der Waals surface area contributed by atoms with Gasteiger partial charge in [0.15, 0.2) is 0 Å². The van der Waals surface area contributed by atoms with Crippen molar-refractivity contribution < 1.29 is 13.6 Å². The van der Waals surface area contributed by atoms with Gasteiger partial charge in [0.25, 0.3) is 6.43 Å². The van der Waals surface area contributed by atoms with Crippen LogP contribution >= 0.6 is 0 Å². The van der Waals surface area contributed by atoms with Crippen molar-refractivity contribution in [3.8, 4) is 0 Å². The number of nitrogens with two attached hydrogens (primary N) is 1. The molecule has 0 saturated heterocycles. The van der Waals surface area contributed by atoms with Gasteiger partial charge in [-0.3, -0.25) is 0 Å². The lowest BCUT2D eigenvalue weighted by molar-refractivity contribution is 0.151. The van der Waals surface area contributed by atoms with Crippen molar-refractivity contribution in [2.24, 2.45) is 10.7 Å². The van der Waals surface area contributed by atoms with Crippen molar-refractivity contribution in [1.29, 1.82) is 0 Å². The highest BCUT2D eigenvalue weighted by atomic mass is 19.3. The van der Waals surface area contributed by atoms with Gasteiger partial charge in [0, 0.05) is 12.6 Å². The third-order valence-corrected chi connectivity index (χ3v) is 2.70. The molecule has 2 amide bonds. The quantitative estimate of drug-likeness (QED) is 0.859. The van der Waals surface area contributed by atoms with E-state index >= 15 is 0 Å². The minimum atomic E-state index is -2.50. The minimum Gasteiger partial charge on any atom is -0.385 e. The summed E-state index contributed by atoms with van der Waals surface area (Å²) in [6, 6.07) is 4.82. The first-order valence-electron chi connectivity index (χ1n) is 4.99. The van der Waals surface area contributed by atoms with E-state index < -0.39 is 18.5 Å². The van der Waals surface area contributed by atoms with Gasteiger partial charge < -0.3 is 10.6 Å². The molecule has 0 aromatic heterocycles. The summed E-state index contributed by atoms with van der Waals surface area (Å²) in [4.78, 5) is 16.3. The van der Waals surface area contributed by atoms with E-state index in [1.165, 1.54) is 29.2 Å². The summed E-state index contributed by atoms with van der Waals surface area (Å²) in [5, 5.41) is 0. The maximum absolute atomic E-state index is 12.4. The molecule has 4 nitrogen and oxygen atoms in total. The van der Waals surface area contributed by atoms with Crippen LogP contribution in [0, 0.1) is 0 Å². The highest BCUT2D eigenvalue weighted by Gasteiger charge is 2.31. The Morgan fingerprint density at radius 1 is 1.35 bits per heavy atom. The summed E-state index contributed by atoms with van der Waals surface area (Å²) >= 11 is 0. The van der Waals surface area contributed by atoms with Crippen LogP contribution in [0.4, 0.5) is 13.6 Å². The summed E-state index contributed by atoms with van der Waals surface area (Å²) in [6.45, 7) is 0. The molecule has 1 atom stereocenters. The van der Waals surface area contributed by atoms with E-state index in [4.69, 9.17) is 5.73 Å². The summed E-state index contributed by atoms with van der Waals surface area (Å²) in [5.41, 5.74) is 6.24. The second kappa shape index (κ2) is 4.12. The molecule has 0 saturated carbocycles. The third-order valence-electron chi connectivity index (χ3n) is 2.70. The fourth-order valence-corrected chi connectivity index (χ4v) is 1.78. The van der Waals surface area contributed by atoms with Crippen LogP contribution in [-0.4, -0.2) is 23.8 Å². The lowest BCUT2D eigenvalue weighted by Gasteiger charge is -2.19. The Labute approximate surface area is 96.7 Å². The van der Waals surface area contributed by atoms with E-state index in [0.29, 0.717) is 5.56 Å². The van der Waals surface area contributed by atoms with Crippen LogP contribution < -0.4 is 5.73 Å². The van der Waals surface area contributed by atoms with Crippen molar-refractivity contribution in [2.75, 3.05) is 7.05 Å². The molecule has 1 aromatic rings. The van der Waals surface area contributed by atoms with Gasteiger partial charge >= 0.3 is 6.03 Å². The molecule has 2 N–H and O–H groups in total. The van der Waals surface area contributed by atoms with E-state index in [9.17, 15) is 13.6 Å². The summed E-state index contributed by atoms with van der Waals surface area (Å²) < 4.78 is 24.8. The molecule has 0 radical (unpaired) electrons. The van der Waals surface area contributed by atoms with Crippen LogP contribution in [0.2, 0.25) is 0 Å². The standard InChI is InChI=1S/C11H11F2N3O/c1-16-8(10(14)15-11(16)17)6-2-4-7(5-3-6)9(12)13/h2-5,8-9H,1H3,(H2,14,15,17). The number of rotatable bonds is 2. The second-order valence-electron chi connectivity index (χ2n) is 3.80. The van der Waals surface area contributed by atoms with Crippen LogP contribution in [0.1, 0.15) is 23.6 Å². The highest BCUT2D eigenvalue weighted by Crippen LogP contribution is 2.27. The lowest BCUT2D eigenvalue weighted by Crippen LogP contribution is -2.30. The predicted octanol–water partition coefficient (Wildman–Crippen LogP) is 2.09. The van der Waals surface area contributed by atoms with E-state index in [-0.39, 0.29) is 11.4 Å². The fourth-order valence-electron chi connectivity index (χ4n) is 1.78. The van der Waals surface area contributed by atoms with Gasteiger partial charge in [0.2, 0.25) is 0 Å². The summed E-state index contributed by atoms with van der Waals surface area (Å²) in [5.74, 6) is 0.183. The van der Waals surface area contributed by atoms with Gasteiger partial charge in [-0.25, -0.2) is 13.6 Å². The Hall–Kier alpha value is -1.98. The maximum atomic E-state index is 12.4. The number of urea groups is 1. The molecule has 0 spiro atoms. The molecule has 0 fully saturated rings. The van der Waals surface area contributed by atoms with Crippen molar-refractivity contribution in [2.45, 2.75) is 12.5 Å². The van der Waals surface area contributed by atoms with Gasteiger partial charge in [0.05, 0.1) is 0 Å². The van der Waals surface area contributed by atoms with Crippen molar-refractivity contribution in [3.05, 3.63) is 35.4 Å². The molecular formula is C11H11F2N3O. The van der Waals surface area contributed by atoms with Crippen LogP contribution in [0.25, 0.3) is 0 Å². The molecule has 0 aliphatic carbocycles. The molecular weight excluding hydrogens is 228 g/mol. The number of nitrogens with zero attached hydrogens (tertiary/aromatic N) is 2. The number of benzene rings is 1. The SMILES string of the molecule is CN1C(=O)N=C(N)C1c1ccc(C(F)F)cc1. The van der Waals surface area contributed by atoms with Gasteiger partial charge in [-0.2, -0.15) is 4.99 Å². The molecule has 1 aliphatic rings. The molecule has 1 aromatic carbocycles. The van der Waals surface area contributed by atoms with E-state index in [2.05, 4.69) is 4.99 Å². The molecule has 1 heterocycles. The maximum Gasteiger partial charge on any atom is 0.345 e. The first kappa shape index (κ1) is 11.5. The third kappa shape index (κ3) is 1.98. The molecule has 0 bridgehead atoms. The second-order valence-corrected chi connectivity index (χ2v) is 3.80. The number of aliphatic imine (C=N–C) groups is 1. The minimum absolute atomic E-state index is 0.0590. The monoisotopic (exact) mass is 239 g/mol. The highest BCUT2D eigenvalue weighted by molar-refractivity contribution is 6.03. The number of hydrogen-bond donors (Lipinski definition) is 1. The van der Waals surface area contributed by atoms with Crippen LogP contribution in [0.5, 0.6) is 0 Å². The topological polar surface area (TPSA) is 58.7 Å². The van der Waals surface area contributed by atoms with Crippen LogP contribution in [-0.2, 0) is 0 Å². The van der Waals surface area contributed by atoms with Crippen LogP contribution in [0.15, 0.2) is 29.3 Å². The number of carbonyl (C=O) groups excluding carboxylic acids is 1. The van der Waals surface area contributed by atoms with Crippen molar-refractivity contribution in [1.82, 2.24) is 4.90 Å². The largest absolute Gasteiger partial charge is 0.385 e. The summed E-state index contributed by atoms with van der Waals surface area (Å²) in [7, 11) is 1.57. The van der Waals surface area contributed by atoms with E-state index in [0.717, 1.165) is 0 Å². The first-order chi connectivity index (χ1) is 8.00. The number of halogens is 2. The number of likely N-dealkylation sites (N-methyl/N-ethyl adjacent to an activating group) is 1. The van der Waals surface area contributed by atoms with Gasteiger partial charge in [0.1, 0.15) is 11.9 Å². The number of carbonyl (C=O) groups is 1. The smallest absolute Gasteiger partial charge is 0.345 e. The molecule has 1 aliphatic heterocycles. The fraction of sp³-hybridized carbons (Fsp3) is 0.273. The average Bonchev–Trinajstić information content (AvgIpc) is 2.53. The van der Waals surface area contributed by atoms with E-state index in [1.54, 1.807) is 7.05 Å². The average molecular weight is 239 g/mol. The number of hydrogen-bond acceptors (Lipinski definition) is 2. The van der Waals surface area contributed by atoms with Gasteiger partial charge in [-0.05, 0) is 5.56 Å². The lowest BCUT2D eigenvalue weighted by atomic mass is 10.0. The number of alkyl halides is 2. The molecule has 2 rings (SSSR count). The predicted molar refractivity (Wildman–Crippen MR) is 58.9 cm³/mol. The Morgan fingerprint density at radius 2 is 1.94 bits per heavy atom. The Kier molecular flexibility index (Phi) is 2.79. The molecule has 17 heavy (non-hydrogen) atoms. The first-order valence-corrected chi connectivity index (χ1v) is 4.99. The van der Waals surface area contributed by atoms with Gasteiger partial charge in [-0.15, -0.1) is 0 Å². The Bertz CT molecular complexity index is 470. The molecule has 90 valence electrons. The molecule has 1 unspecified atom stereocenters. The Morgan fingerprint density at radius 3 is 2.35 bits per heavy atom. The zero-order valence-electron chi connectivity index (χ0n) is 9.10. The number of amides is 2. The van der Waals surface area contributed by atoms with E-state index in [1.807, 2.05) is 0 Å². The number of amidine groups is 1. The molecule has 6 heteroatoms. The normalized spacial score (nSPS) is 20.0. The van der Waals surface area contributed by atoms with Crippen molar-refractivity contribution >= 4 is 11.9 Å². The Balaban J connectivity index is 2.29. The van der Waals surface area contributed by atoms with Crippen molar-refractivity contribution in [3.63, 3.8) is 0 Å². The zero-order chi connectivity index (χ0) is 12.6.